The second-order valence-electron chi connectivity index (χ2n) is 10.2. The summed E-state index contributed by atoms with van der Waals surface area (Å²) in [5, 5.41) is 3.58. The Morgan fingerprint density at radius 3 is 2.43 bits per heavy atom. The Labute approximate surface area is 251 Å². The molecule has 1 N–H and O–H groups in total. The number of sulfonamides is 1. The predicted molar refractivity (Wildman–Crippen MR) is 163 cm³/mol. The van der Waals surface area contributed by atoms with Gasteiger partial charge in [-0.25, -0.2) is 22.7 Å². The number of ether oxygens (including phenoxy) is 1. The number of nitrogens with one attached hydrogen (secondary N) is 1. The van der Waals surface area contributed by atoms with Gasteiger partial charge in [0.05, 0.1) is 18.7 Å². The van der Waals surface area contributed by atoms with Crippen molar-refractivity contribution in [1.82, 2.24) is 14.9 Å². The summed E-state index contributed by atoms with van der Waals surface area (Å²) in [6.07, 6.45) is 3.07. The molecular weight excluding hydrogens is 577 g/mol. The summed E-state index contributed by atoms with van der Waals surface area (Å²) >= 11 is 6.58. The van der Waals surface area contributed by atoms with Crippen LogP contribution in [0, 0.1) is 5.95 Å². The van der Waals surface area contributed by atoms with Crippen LogP contribution >= 0.6 is 11.6 Å². The number of benzene rings is 2. The average molecular weight is 610 g/mol. The van der Waals surface area contributed by atoms with Gasteiger partial charge >= 0.3 is 0 Å². The minimum Gasteiger partial charge on any atom is -0.497 e. The maximum absolute atomic E-state index is 14.1. The zero-order chi connectivity index (χ0) is 29.7. The van der Waals surface area contributed by atoms with Gasteiger partial charge in [0, 0.05) is 31.4 Å². The molecular formula is C31H33ClFN5O3S. The number of rotatable bonds is 10. The van der Waals surface area contributed by atoms with E-state index in [2.05, 4.69) is 51.4 Å². The van der Waals surface area contributed by atoms with Crippen molar-refractivity contribution < 1.29 is 17.5 Å². The Morgan fingerprint density at radius 1 is 1.07 bits per heavy atom. The first-order chi connectivity index (χ1) is 20.2. The van der Waals surface area contributed by atoms with Crippen molar-refractivity contribution >= 4 is 33.3 Å². The minimum absolute atomic E-state index is 0.0550. The van der Waals surface area contributed by atoms with E-state index in [0.29, 0.717) is 23.2 Å². The summed E-state index contributed by atoms with van der Waals surface area (Å²) in [6, 6.07) is 23.3. The topological polar surface area (TPSA) is 87.7 Å². The maximum Gasteiger partial charge on any atom is 0.267 e. The molecule has 0 radical (unpaired) electrons. The Balaban J connectivity index is 1.31. The van der Waals surface area contributed by atoms with Gasteiger partial charge in [0.15, 0.2) is 0 Å². The van der Waals surface area contributed by atoms with Crippen LogP contribution in [0.3, 0.4) is 0 Å². The van der Waals surface area contributed by atoms with E-state index < -0.39 is 16.0 Å². The van der Waals surface area contributed by atoms with Crippen LogP contribution in [0.25, 0.3) is 0 Å². The molecule has 0 amide bonds. The summed E-state index contributed by atoms with van der Waals surface area (Å²) in [5.41, 5.74) is 1.95. The molecule has 0 saturated carbocycles. The summed E-state index contributed by atoms with van der Waals surface area (Å²) in [6.45, 7) is 3.97. The van der Waals surface area contributed by atoms with Gasteiger partial charge in [0.25, 0.3) is 10.0 Å². The molecule has 4 aromatic rings. The third kappa shape index (κ3) is 6.83. The number of aromatic nitrogens is 2. The quantitative estimate of drug-likeness (QED) is 0.211. The molecule has 8 nitrogen and oxygen atoms in total. The molecule has 0 aliphatic carbocycles. The van der Waals surface area contributed by atoms with Crippen LogP contribution in [0.2, 0.25) is 5.02 Å². The van der Waals surface area contributed by atoms with Crippen molar-refractivity contribution in [2.75, 3.05) is 29.8 Å². The van der Waals surface area contributed by atoms with Crippen molar-refractivity contribution in [1.29, 1.82) is 0 Å². The van der Waals surface area contributed by atoms with Crippen LogP contribution in [0.4, 0.5) is 16.0 Å². The summed E-state index contributed by atoms with van der Waals surface area (Å²) < 4.78 is 48.0. The van der Waals surface area contributed by atoms with Gasteiger partial charge < -0.3 is 10.1 Å². The van der Waals surface area contributed by atoms with Crippen molar-refractivity contribution in [2.45, 2.75) is 43.3 Å². The molecule has 42 heavy (non-hydrogen) atoms. The Morgan fingerprint density at radius 2 is 1.79 bits per heavy atom. The van der Waals surface area contributed by atoms with Gasteiger partial charge in [-0.05, 0) is 61.2 Å². The Kier molecular flexibility index (Phi) is 9.25. The van der Waals surface area contributed by atoms with Crippen LogP contribution in [0.1, 0.15) is 36.9 Å². The standard InChI is InChI=1S/C31H33ClFN5O3S/c1-22(24-7-4-3-5-8-24)37-17-15-25(16-18-37)35-31-28(32)19-27(20-34-31)42(39,40)38(30-10-6-9-29(33)36-30)21-23-11-13-26(41-2)14-12-23/h3-14,19-20,22,25H,15-18,21H2,1-2H3,(H,34,35)/t22-/m1/s1. The van der Waals surface area contributed by atoms with Crippen molar-refractivity contribution in [3.63, 3.8) is 0 Å². The molecule has 0 unspecified atom stereocenters. The number of hydrogen-bond donors (Lipinski definition) is 1. The summed E-state index contributed by atoms with van der Waals surface area (Å²) in [7, 11) is -2.66. The monoisotopic (exact) mass is 609 g/mol. The summed E-state index contributed by atoms with van der Waals surface area (Å²) in [5.74, 6) is 0.214. The number of hydrogen-bond acceptors (Lipinski definition) is 7. The number of halogens is 2. The van der Waals surface area contributed by atoms with Gasteiger partial charge in [0.2, 0.25) is 5.95 Å². The van der Waals surface area contributed by atoms with E-state index in [1.54, 1.807) is 31.4 Å². The van der Waals surface area contributed by atoms with E-state index in [9.17, 15) is 12.8 Å². The van der Waals surface area contributed by atoms with E-state index in [0.717, 1.165) is 36.3 Å². The number of likely N-dealkylation sites (tertiary alicyclic amines) is 1. The Bertz CT molecular complexity index is 1600. The third-order valence-corrected chi connectivity index (χ3v) is 9.55. The molecule has 220 valence electrons. The smallest absolute Gasteiger partial charge is 0.267 e. The average Bonchev–Trinajstić information content (AvgIpc) is 3.01. The van der Waals surface area contributed by atoms with Gasteiger partial charge in [0.1, 0.15) is 22.3 Å². The molecule has 2 aromatic heterocycles. The molecule has 3 heterocycles. The number of piperidine rings is 1. The van der Waals surface area contributed by atoms with Crippen LogP contribution in [-0.2, 0) is 16.6 Å². The van der Waals surface area contributed by atoms with Crippen molar-refractivity contribution in [3.8, 4) is 5.75 Å². The fourth-order valence-corrected chi connectivity index (χ4v) is 6.74. The molecule has 0 spiro atoms. The van der Waals surface area contributed by atoms with E-state index in [4.69, 9.17) is 16.3 Å². The molecule has 2 aromatic carbocycles. The van der Waals surface area contributed by atoms with Crippen molar-refractivity contribution in [3.05, 3.63) is 107 Å². The zero-order valence-electron chi connectivity index (χ0n) is 23.5. The van der Waals surface area contributed by atoms with Gasteiger partial charge in [-0.1, -0.05) is 60.1 Å². The second kappa shape index (κ2) is 13.1. The first-order valence-electron chi connectivity index (χ1n) is 13.7. The highest BCUT2D eigenvalue weighted by Gasteiger charge is 2.29. The van der Waals surface area contributed by atoms with Crippen LogP contribution in [0.15, 0.2) is 90.0 Å². The SMILES string of the molecule is COc1ccc(CN(c2cccc(F)n2)S(=O)(=O)c2cnc(NC3CCN([C@H](C)c4ccccc4)CC3)c(Cl)c2)cc1. The lowest BCUT2D eigenvalue weighted by Crippen LogP contribution is -2.40. The van der Waals surface area contributed by atoms with Gasteiger partial charge in [-0.15, -0.1) is 0 Å². The third-order valence-electron chi connectivity index (χ3n) is 7.55. The lowest BCUT2D eigenvalue weighted by atomic mass is 10.00. The number of methoxy groups -OCH3 is 1. The number of nitrogens with zero attached hydrogens (tertiary/aromatic N) is 4. The normalized spacial score (nSPS) is 15.2. The zero-order valence-corrected chi connectivity index (χ0v) is 25.0. The molecule has 0 bridgehead atoms. The van der Waals surface area contributed by atoms with Crippen LogP contribution < -0.4 is 14.4 Å². The number of pyridine rings is 2. The fraction of sp³-hybridized carbons (Fsp3) is 0.290. The van der Waals surface area contributed by atoms with E-state index in [-0.39, 0.29) is 28.3 Å². The molecule has 1 saturated heterocycles. The first-order valence-corrected chi connectivity index (χ1v) is 15.6. The highest BCUT2D eigenvalue weighted by Crippen LogP contribution is 2.31. The lowest BCUT2D eigenvalue weighted by Gasteiger charge is -2.36. The summed E-state index contributed by atoms with van der Waals surface area (Å²) in [4.78, 5) is 10.6. The minimum atomic E-state index is -4.21. The van der Waals surface area contributed by atoms with Crippen LogP contribution in [0.5, 0.6) is 5.75 Å². The van der Waals surface area contributed by atoms with E-state index in [1.165, 1.54) is 30.0 Å². The highest BCUT2D eigenvalue weighted by molar-refractivity contribution is 7.92. The predicted octanol–water partition coefficient (Wildman–Crippen LogP) is 6.31. The van der Waals surface area contributed by atoms with Gasteiger partial charge in [-0.2, -0.15) is 4.39 Å². The molecule has 5 rings (SSSR count). The van der Waals surface area contributed by atoms with Crippen molar-refractivity contribution in [2.24, 2.45) is 0 Å². The van der Waals surface area contributed by atoms with Crippen LogP contribution in [-0.4, -0.2) is 49.5 Å². The highest BCUT2D eigenvalue weighted by atomic mass is 35.5. The molecule has 1 atom stereocenters. The van der Waals surface area contributed by atoms with E-state index in [1.807, 2.05) is 6.07 Å². The Hall–Kier alpha value is -3.73. The maximum atomic E-state index is 14.1. The lowest BCUT2D eigenvalue weighted by molar-refractivity contribution is 0.167. The van der Waals surface area contributed by atoms with Gasteiger partial charge in [-0.3, -0.25) is 4.90 Å². The molecule has 1 fully saturated rings. The second-order valence-corrected chi connectivity index (χ2v) is 12.5. The fourth-order valence-electron chi connectivity index (χ4n) is 5.08. The molecule has 1 aliphatic rings. The largest absolute Gasteiger partial charge is 0.497 e. The number of anilines is 2. The van der Waals surface area contributed by atoms with E-state index >= 15 is 0 Å². The molecule has 1 aliphatic heterocycles. The first kappa shape index (κ1) is 29.8. The molecule has 11 heteroatoms.